The standard InChI is InChI=1S/C13H24N2O/c1-6-7-14-8-13(16)15(9-11(2)3)10-12(4)5/h1,11-12,14H,7-10H2,2-5H3. The lowest BCUT2D eigenvalue weighted by molar-refractivity contribution is -0.131. The Hall–Kier alpha value is -1.01. The molecule has 1 N–H and O–H groups in total. The predicted molar refractivity (Wildman–Crippen MR) is 68.0 cm³/mol. The Morgan fingerprint density at radius 3 is 2.12 bits per heavy atom. The van der Waals surface area contributed by atoms with Crippen molar-refractivity contribution in [3.63, 3.8) is 0 Å². The van der Waals surface area contributed by atoms with Gasteiger partial charge in [-0.15, -0.1) is 6.42 Å². The Kier molecular flexibility index (Phi) is 7.66. The Balaban J connectivity index is 4.16. The number of nitrogens with one attached hydrogen (secondary N) is 1. The molecule has 0 saturated carbocycles. The van der Waals surface area contributed by atoms with Crippen molar-refractivity contribution in [3.8, 4) is 12.3 Å². The first-order valence-electron chi connectivity index (χ1n) is 5.89. The minimum absolute atomic E-state index is 0.137. The molecule has 1 amide bonds. The van der Waals surface area contributed by atoms with Crippen molar-refractivity contribution in [2.24, 2.45) is 11.8 Å². The molecule has 0 radical (unpaired) electrons. The Morgan fingerprint density at radius 1 is 1.25 bits per heavy atom. The maximum atomic E-state index is 11.9. The maximum absolute atomic E-state index is 11.9. The number of carbonyl (C=O) groups excluding carboxylic acids is 1. The van der Waals surface area contributed by atoms with Crippen molar-refractivity contribution in [1.82, 2.24) is 10.2 Å². The average molecular weight is 224 g/mol. The highest BCUT2D eigenvalue weighted by Crippen LogP contribution is 2.03. The summed E-state index contributed by atoms with van der Waals surface area (Å²) in [7, 11) is 0. The van der Waals surface area contributed by atoms with Crippen molar-refractivity contribution in [2.45, 2.75) is 27.7 Å². The molecular weight excluding hydrogens is 200 g/mol. The van der Waals surface area contributed by atoms with Crippen LogP contribution in [0.25, 0.3) is 0 Å². The van der Waals surface area contributed by atoms with E-state index in [1.807, 2.05) is 4.90 Å². The van der Waals surface area contributed by atoms with E-state index in [4.69, 9.17) is 6.42 Å². The molecule has 16 heavy (non-hydrogen) atoms. The van der Waals surface area contributed by atoms with E-state index in [2.05, 4.69) is 38.9 Å². The first-order chi connectivity index (χ1) is 7.47. The molecule has 0 aromatic heterocycles. The van der Waals surface area contributed by atoms with E-state index in [1.165, 1.54) is 0 Å². The van der Waals surface area contributed by atoms with Gasteiger partial charge in [0.25, 0.3) is 0 Å². The van der Waals surface area contributed by atoms with E-state index in [0.29, 0.717) is 24.9 Å². The third-order valence-electron chi connectivity index (χ3n) is 2.03. The lowest BCUT2D eigenvalue weighted by atomic mass is 10.1. The van der Waals surface area contributed by atoms with Crippen molar-refractivity contribution in [1.29, 1.82) is 0 Å². The summed E-state index contributed by atoms with van der Waals surface area (Å²) in [4.78, 5) is 13.8. The van der Waals surface area contributed by atoms with Gasteiger partial charge in [0.05, 0.1) is 13.1 Å². The summed E-state index contributed by atoms with van der Waals surface area (Å²) in [5.74, 6) is 3.59. The summed E-state index contributed by atoms with van der Waals surface area (Å²) < 4.78 is 0. The molecule has 0 saturated heterocycles. The van der Waals surface area contributed by atoms with Crippen LogP contribution in [0.1, 0.15) is 27.7 Å². The van der Waals surface area contributed by atoms with Crippen LogP contribution in [0.5, 0.6) is 0 Å². The Labute approximate surface area is 99.6 Å². The zero-order valence-corrected chi connectivity index (χ0v) is 10.9. The quantitative estimate of drug-likeness (QED) is 0.523. The molecule has 0 atom stereocenters. The third kappa shape index (κ3) is 7.30. The van der Waals surface area contributed by atoms with Gasteiger partial charge in [0.15, 0.2) is 0 Å². The molecule has 0 aliphatic heterocycles. The number of carbonyl (C=O) groups is 1. The topological polar surface area (TPSA) is 32.3 Å². The van der Waals surface area contributed by atoms with Crippen LogP contribution in [0.2, 0.25) is 0 Å². The second kappa shape index (κ2) is 8.18. The summed E-state index contributed by atoms with van der Waals surface area (Å²) >= 11 is 0. The molecule has 0 unspecified atom stereocenters. The normalized spacial score (nSPS) is 10.6. The number of rotatable bonds is 7. The highest BCUT2D eigenvalue weighted by Gasteiger charge is 2.15. The number of terminal acetylenes is 1. The Morgan fingerprint density at radius 2 is 1.75 bits per heavy atom. The molecule has 0 bridgehead atoms. The van der Waals surface area contributed by atoms with Gasteiger partial charge < -0.3 is 4.90 Å². The fourth-order valence-corrected chi connectivity index (χ4v) is 1.51. The van der Waals surface area contributed by atoms with E-state index in [1.54, 1.807) is 0 Å². The van der Waals surface area contributed by atoms with Gasteiger partial charge in [-0.1, -0.05) is 33.6 Å². The van der Waals surface area contributed by atoms with Gasteiger partial charge in [-0.25, -0.2) is 0 Å². The number of hydrogen-bond donors (Lipinski definition) is 1. The fraction of sp³-hybridized carbons (Fsp3) is 0.769. The average Bonchev–Trinajstić information content (AvgIpc) is 2.15. The molecule has 0 heterocycles. The molecule has 0 aliphatic rings. The smallest absolute Gasteiger partial charge is 0.236 e. The summed E-state index contributed by atoms with van der Waals surface area (Å²) in [5, 5.41) is 2.93. The van der Waals surface area contributed by atoms with Gasteiger partial charge >= 0.3 is 0 Å². The lowest BCUT2D eigenvalue weighted by Gasteiger charge is -2.26. The zero-order chi connectivity index (χ0) is 12.6. The van der Waals surface area contributed by atoms with Gasteiger partial charge in [0.1, 0.15) is 0 Å². The van der Waals surface area contributed by atoms with E-state index in [9.17, 15) is 4.79 Å². The summed E-state index contributed by atoms with van der Waals surface area (Å²) in [5.41, 5.74) is 0. The second-order valence-corrected chi connectivity index (χ2v) is 4.89. The van der Waals surface area contributed by atoms with Crippen LogP contribution in [-0.4, -0.2) is 37.0 Å². The van der Waals surface area contributed by atoms with Gasteiger partial charge in [-0.3, -0.25) is 10.1 Å². The fourth-order valence-electron chi connectivity index (χ4n) is 1.51. The van der Waals surface area contributed by atoms with Crippen LogP contribution >= 0.6 is 0 Å². The highest BCUT2D eigenvalue weighted by molar-refractivity contribution is 5.78. The van der Waals surface area contributed by atoms with Crippen molar-refractivity contribution in [3.05, 3.63) is 0 Å². The van der Waals surface area contributed by atoms with Crippen LogP contribution < -0.4 is 5.32 Å². The molecular formula is C13H24N2O. The summed E-state index contributed by atoms with van der Waals surface area (Å²) in [6.07, 6.45) is 5.11. The van der Waals surface area contributed by atoms with Gasteiger partial charge in [0, 0.05) is 13.1 Å². The number of hydrogen-bond acceptors (Lipinski definition) is 2. The molecule has 3 nitrogen and oxygen atoms in total. The van der Waals surface area contributed by atoms with Crippen molar-refractivity contribution < 1.29 is 4.79 Å². The Bertz CT molecular complexity index is 231. The lowest BCUT2D eigenvalue weighted by Crippen LogP contribution is -2.42. The zero-order valence-electron chi connectivity index (χ0n) is 10.9. The SMILES string of the molecule is C#CCNCC(=O)N(CC(C)C)CC(C)C. The van der Waals surface area contributed by atoms with Gasteiger partial charge in [-0.2, -0.15) is 0 Å². The molecule has 0 aliphatic carbocycles. The van der Waals surface area contributed by atoms with Crippen LogP contribution in [-0.2, 0) is 4.79 Å². The second-order valence-electron chi connectivity index (χ2n) is 4.89. The summed E-state index contributed by atoms with van der Waals surface area (Å²) in [6.45, 7) is 10.9. The molecule has 0 fully saturated rings. The molecule has 0 aromatic rings. The van der Waals surface area contributed by atoms with E-state index in [0.717, 1.165) is 13.1 Å². The largest absolute Gasteiger partial charge is 0.341 e. The molecule has 3 heteroatoms. The monoisotopic (exact) mass is 224 g/mol. The van der Waals surface area contributed by atoms with Crippen LogP contribution in [0.4, 0.5) is 0 Å². The van der Waals surface area contributed by atoms with Crippen LogP contribution in [0, 0.1) is 24.2 Å². The number of amides is 1. The molecule has 92 valence electrons. The first kappa shape index (κ1) is 15.0. The van der Waals surface area contributed by atoms with Gasteiger partial charge in [0.2, 0.25) is 5.91 Å². The van der Waals surface area contributed by atoms with Crippen LogP contribution in [0.15, 0.2) is 0 Å². The minimum atomic E-state index is 0.137. The third-order valence-corrected chi connectivity index (χ3v) is 2.03. The van der Waals surface area contributed by atoms with E-state index >= 15 is 0 Å². The van der Waals surface area contributed by atoms with E-state index in [-0.39, 0.29) is 5.91 Å². The summed E-state index contributed by atoms with van der Waals surface area (Å²) in [6, 6.07) is 0. The number of nitrogens with zero attached hydrogens (tertiary/aromatic N) is 1. The molecule has 0 aromatic carbocycles. The highest BCUT2D eigenvalue weighted by atomic mass is 16.2. The minimum Gasteiger partial charge on any atom is -0.341 e. The van der Waals surface area contributed by atoms with Crippen molar-refractivity contribution >= 4 is 5.91 Å². The predicted octanol–water partition coefficient (Wildman–Crippen LogP) is 1.35. The van der Waals surface area contributed by atoms with Crippen LogP contribution in [0.3, 0.4) is 0 Å². The van der Waals surface area contributed by atoms with Gasteiger partial charge in [-0.05, 0) is 11.8 Å². The van der Waals surface area contributed by atoms with Crippen molar-refractivity contribution in [2.75, 3.05) is 26.2 Å². The molecule has 0 rings (SSSR count). The first-order valence-corrected chi connectivity index (χ1v) is 5.89. The molecule has 0 spiro atoms. The maximum Gasteiger partial charge on any atom is 0.236 e. The van der Waals surface area contributed by atoms with E-state index < -0.39 is 0 Å².